The maximum absolute atomic E-state index is 5.66. The fourth-order valence-corrected chi connectivity index (χ4v) is 2.70. The smallest absolute Gasteiger partial charge is 0.0469 e. The highest BCUT2D eigenvalue weighted by Gasteiger charge is 1.95. The average Bonchev–Trinajstić information content (AvgIpc) is 2.46. The van der Waals surface area contributed by atoms with Crippen molar-refractivity contribution in [2.24, 2.45) is 0 Å². The Morgan fingerprint density at radius 1 is 0.737 bits per heavy atom. The zero-order valence-corrected chi connectivity index (χ0v) is 14.7. The van der Waals surface area contributed by atoms with Gasteiger partial charge in [0, 0.05) is 23.9 Å². The number of aryl methyl sites for hydroxylation is 1. The van der Waals surface area contributed by atoms with Crippen LogP contribution in [-0.2, 0) is 16.5 Å². The molecule has 0 aliphatic rings. The van der Waals surface area contributed by atoms with E-state index in [9.17, 15) is 0 Å². The minimum Gasteiger partial charge on any atom is -0.381 e. The normalized spacial score (nSPS) is 10.8. The van der Waals surface area contributed by atoms with Crippen molar-refractivity contribution in [3.05, 3.63) is 35.4 Å². The monoisotopic (exact) mass is 390 g/mol. The molecule has 0 spiro atoms. The van der Waals surface area contributed by atoms with Crippen LogP contribution in [0.3, 0.4) is 0 Å². The van der Waals surface area contributed by atoms with E-state index in [2.05, 4.69) is 56.1 Å². The van der Waals surface area contributed by atoms with E-state index in [0.29, 0.717) is 0 Å². The summed E-state index contributed by atoms with van der Waals surface area (Å²) in [7, 11) is 0. The van der Waals surface area contributed by atoms with Gasteiger partial charge >= 0.3 is 0 Å². The van der Waals surface area contributed by atoms with Gasteiger partial charge in [-0.25, -0.2) is 0 Å². The van der Waals surface area contributed by atoms with Gasteiger partial charge in [-0.05, 0) is 36.8 Å². The van der Waals surface area contributed by atoms with Crippen LogP contribution in [-0.4, -0.2) is 18.5 Å². The molecule has 0 fully saturated rings. The number of benzene rings is 1. The third-order valence-corrected chi connectivity index (χ3v) is 4.31. The van der Waals surface area contributed by atoms with Gasteiger partial charge in [0.05, 0.1) is 0 Å². The van der Waals surface area contributed by atoms with E-state index in [1.54, 1.807) is 0 Å². The Bertz CT molecular complexity index is 311. The predicted octanol–water partition coefficient (Wildman–Crippen LogP) is 5.49. The van der Waals surface area contributed by atoms with Crippen molar-refractivity contribution < 1.29 is 4.74 Å². The average molecular weight is 392 g/mol. The lowest BCUT2D eigenvalue weighted by molar-refractivity contribution is 0.128. The number of unbranched alkanes of at least 4 members (excludes halogenated alkanes) is 3. The molecular weight excluding hydrogens is 368 g/mol. The van der Waals surface area contributed by atoms with Crippen LogP contribution < -0.4 is 0 Å². The predicted molar refractivity (Wildman–Crippen MR) is 90.5 cm³/mol. The molecule has 0 aliphatic carbocycles. The number of halogens is 2. The summed E-state index contributed by atoms with van der Waals surface area (Å²) in [4.78, 5) is 0. The van der Waals surface area contributed by atoms with Crippen molar-refractivity contribution in [1.82, 2.24) is 0 Å². The first kappa shape index (κ1) is 17.2. The van der Waals surface area contributed by atoms with Gasteiger partial charge in [-0.1, -0.05) is 69.0 Å². The topological polar surface area (TPSA) is 9.23 Å². The third-order valence-electron chi connectivity index (χ3n) is 3.10. The molecule has 0 N–H and O–H groups in total. The quantitative estimate of drug-likeness (QED) is 0.358. The van der Waals surface area contributed by atoms with Gasteiger partial charge in [0.2, 0.25) is 0 Å². The molecule has 1 aromatic rings. The Morgan fingerprint density at radius 2 is 1.37 bits per heavy atom. The van der Waals surface area contributed by atoms with Crippen LogP contribution in [0.4, 0.5) is 0 Å². The highest BCUT2D eigenvalue weighted by Crippen LogP contribution is 2.09. The highest BCUT2D eigenvalue weighted by molar-refractivity contribution is 9.09. The molecule has 0 bridgehead atoms. The summed E-state index contributed by atoms with van der Waals surface area (Å²) >= 11 is 6.91. The largest absolute Gasteiger partial charge is 0.381 e. The first-order valence-corrected chi connectivity index (χ1v) is 9.38. The van der Waals surface area contributed by atoms with Crippen LogP contribution in [0.25, 0.3) is 0 Å². The molecule has 0 aromatic heterocycles. The second kappa shape index (κ2) is 11.9. The fraction of sp³-hybridized carbons (Fsp3) is 0.625. The van der Waals surface area contributed by atoms with Crippen molar-refractivity contribution in [2.75, 3.05) is 18.5 Å². The number of rotatable bonds is 11. The van der Waals surface area contributed by atoms with Crippen LogP contribution >= 0.6 is 31.9 Å². The molecule has 0 unspecified atom stereocenters. The number of hydrogen-bond donors (Lipinski definition) is 0. The third kappa shape index (κ3) is 8.83. The van der Waals surface area contributed by atoms with Gasteiger partial charge in [0.15, 0.2) is 0 Å². The minimum absolute atomic E-state index is 0.888. The molecule has 0 amide bonds. The highest BCUT2D eigenvalue weighted by atomic mass is 79.9. The van der Waals surface area contributed by atoms with Gasteiger partial charge in [0.1, 0.15) is 0 Å². The van der Waals surface area contributed by atoms with Gasteiger partial charge in [-0.3, -0.25) is 0 Å². The van der Waals surface area contributed by atoms with Gasteiger partial charge in [-0.15, -0.1) is 0 Å². The van der Waals surface area contributed by atoms with Crippen molar-refractivity contribution in [1.29, 1.82) is 0 Å². The van der Waals surface area contributed by atoms with E-state index in [4.69, 9.17) is 4.74 Å². The summed E-state index contributed by atoms with van der Waals surface area (Å²) < 4.78 is 5.66. The molecule has 0 saturated heterocycles. The molecule has 1 aromatic carbocycles. The van der Waals surface area contributed by atoms with Crippen LogP contribution in [0.1, 0.15) is 43.2 Å². The van der Waals surface area contributed by atoms with E-state index in [-0.39, 0.29) is 0 Å². The van der Waals surface area contributed by atoms with Crippen LogP contribution in [0.15, 0.2) is 24.3 Å². The van der Waals surface area contributed by atoms with E-state index in [1.807, 2.05) is 0 Å². The molecule has 1 rings (SSSR count). The van der Waals surface area contributed by atoms with Gasteiger partial charge in [0.25, 0.3) is 0 Å². The zero-order chi connectivity index (χ0) is 13.8. The summed E-state index contributed by atoms with van der Waals surface area (Å²) in [5.41, 5.74) is 2.74. The maximum Gasteiger partial charge on any atom is 0.0469 e. The SMILES string of the molecule is BrCCCCCCOCCCc1ccc(CBr)cc1. The van der Waals surface area contributed by atoms with E-state index in [0.717, 1.165) is 36.7 Å². The van der Waals surface area contributed by atoms with E-state index < -0.39 is 0 Å². The first-order valence-electron chi connectivity index (χ1n) is 7.14. The van der Waals surface area contributed by atoms with Crippen molar-refractivity contribution >= 4 is 31.9 Å². The Labute approximate surface area is 134 Å². The molecule has 0 aliphatic heterocycles. The standard InChI is InChI=1S/C16H24Br2O/c17-11-3-1-2-4-12-19-13-5-6-15-7-9-16(14-18)10-8-15/h7-10H,1-6,11-14H2. The van der Waals surface area contributed by atoms with Crippen molar-refractivity contribution in [3.63, 3.8) is 0 Å². The molecule has 19 heavy (non-hydrogen) atoms. The lowest BCUT2D eigenvalue weighted by Crippen LogP contribution is -1.99. The summed E-state index contributed by atoms with van der Waals surface area (Å²) in [6.45, 7) is 1.81. The summed E-state index contributed by atoms with van der Waals surface area (Å²) in [5, 5.41) is 2.06. The van der Waals surface area contributed by atoms with E-state index in [1.165, 1.54) is 36.8 Å². The molecular formula is C16H24Br2O. The van der Waals surface area contributed by atoms with Crippen LogP contribution in [0.2, 0.25) is 0 Å². The number of alkyl halides is 2. The van der Waals surface area contributed by atoms with Crippen molar-refractivity contribution in [2.45, 2.75) is 43.9 Å². The lowest BCUT2D eigenvalue weighted by Gasteiger charge is -2.05. The molecule has 0 saturated carbocycles. The summed E-state index contributed by atoms with van der Waals surface area (Å²) in [5.74, 6) is 0. The minimum atomic E-state index is 0.888. The van der Waals surface area contributed by atoms with E-state index >= 15 is 0 Å². The lowest BCUT2D eigenvalue weighted by atomic mass is 10.1. The Hall–Kier alpha value is 0.140. The molecule has 108 valence electrons. The molecule has 3 heteroatoms. The number of ether oxygens (including phenoxy) is 1. The van der Waals surface area contributed by atoms with Crippen LogP contribution in [0.5, 0.6) is 0 Å². The Kier molecular flexibility index (Phi) is 10.8. The van der Waals surface area contributed by atoms with Crippen molar-refractivity contribution in [3.8, 4) is 0 Å². The summed E-state index contributed by atoms with van der Waals surface area (Å²) in [6, 6.07) is 8.82. The second-order valence-electron chi connectivity index (χ2n) is 4.77. The summed E-state index contributed by atoms with van der Waals surface area (Å²) in [6.07, 6.45) is 7.33. The fourth-order valence-electron chi connectivity index (χ4n) is 1.93. The molecule has 0 heterocycles. The molecule has 0 radical (unpaired) electrons. The van der Waals surface area contributed by atoms with Gasteiger partial charge < -0.3 is 4.74 Å². The first-order chi connectivity index (χ1) is 9.36. The number of hydrogen-bond acceptors (Lipinski definition) is 1. The molecule has 0 atom stereocenters. The molecule has 1 nitrogen and oxygen atoms in total. The second-order valence-corrected chi connectivity index (χ2v) is 6.12. The van der Waals surface area contributed by atoms with Gasteiger partial charge in [-0.2, -0.15) is 0 Å². The maximum atomic E-state index is 5.66. The Morgan fingerprint density at radius 3 is 2.05 bits per heavy atom. The van der Waals surface area contributed by atoms with Crippen LogP contribution in [0, 0.1) is 0 Å². The Balaban J connectivity index is 1.95. The zero-order valence-electron chi connectivity index (χ0n) is 11.5.